The fourth-order valence-corrected chi connectivity index (χ4v) is 6.40. The molecule has 196 valence electrons. The molecule has 2 N–H and O–H groups in total. The van der Waals surface area contributed by atoms with E-state index in [1.807, 2.05) is 20.8 Å². The predicted molar refractivity (Wildman–Crippen MR) is 137 cm³/mol. The van der Waals surface area contributed by atoms with Crippen LogP contribution in [0.2, 0.25) is 0 Å². The van der Waals surface area contributed by atoms with Gasteiger partial charge in [0.15, 0.2) is 5.52 Å². The molecule has 1 aliphatic heterocycles. The number of ether oxygens (including phenoxy) is 1. The third-order valence-corrected chi connectivity index (χ3v) is 8.88. The molecule has 0 bridgehead atoms. The lowest BCUT2D eigenvalue weighted by Crippen LogP contribution is -2.40. The fourth-order valence-electron chi connectivity index (χ4n) is 4.90. The third kappa shape index (κ3) is 4.91. The van der Waals surface area contributed by atoms with Crippen molar-refractivity contribution in [2.24, 2.45) is 18.9 Å². The lowest BCUT2D eigenvalue weighted by atomic mass is 9.87. The molecule has 1 atom stereocenters. The van der Waals surface area contributed by atoms with Crippen molar-refractivity contribution in [3.63, 3.8) is 0 Å². The Balaban J connectivity index is 1.76. The molecule has 3 aromatic rings. The van der Waals surface area contributed by atoms with Crippen LogP contribution in [0.5, 0.6) is 5.75 Å². The Morgan fingerprint density at radius 3 is 2.61 bits per heavy atom. The molecule has 1 aromatic carbocycles. The summed E-state index contributed by atoms with van der Waals surface area (Å²) in [4.78, 5) is 20.6. The molecule has 2 aromatic heterocycles. The van der Waals surface area contributed by atoms with Crippen LogP contribution in [0.25, 0.3) is 22.4 Å². The molecule has 4 rings (SSSR count). The zero-order chi connectivity index (χ0) is 26.0. The maximum absolute atomic E-state index is 13.5. The molecular weight excluding hydrogens is 482 g/mol. The molecule has 0 aliphatic carbocycles. The van der Waals surface area contributed by atoms with Gasteiger partial charge in [0.2, 0.25) is 10.0 Å². The number of rotatable bonds is 9. The summed E-state index contributed by atoms with van der Waals surface area (Å²) in [6.07, 6.45) is 2.93. The van der Waals surface area contributed by atoms with Gasteiger partial charge in [-0.05, 0) is 56.2 Å². The van der Waals surface area contributed by atoms with Crippen molar-refractivity contribution in [2.75, 3.05) is 26.3 Å². The molecule has 0 spiro atoms. The second kappa shape index (κ2) is 10.7. The van der Waals surface area contributed by atoms with Gasteiger partial charge >= 0.3 is 0 Å². The number of H-pyrrole nitrogens is 1. The number of aromatic amines is 1. The summed E-state index contributed by atoms with van der Waals surface area (Å²) in [5.74, 6) is 1.13. The summed E-state index contributed by atoms with van der Waals surface area (Å²) in [7, 11) is -2.06. The van der Waals surface area contributed by atoms with E-state index in [0.717, 1.165) is 12.1 Å². The van der Waals surface area contributed by atoms with Gasteiger partial charge in [-0.25, -0.2) is 13.4 Å². The molecule has 11 heteroatoms. The van der Waals surface area contributed by atoms with Gasteiger partial charge in [-0.1, -0.05) is 20.3 Å². The first-order valence-corrected chi connectivity index (χ1v) is 14.0. The molecule has 0 saturated carbocycles. The summed E-state index contributed by atoms with van der Waals surface area (Å²) in [6, 6.07) is 4.69. The van der Waals surface area contributed by atoms with E-state index in [4.69, 9.17) is 9.72 Å². The van der Waals surface area contributed by atoms with Crippen LogP contribution in [0.4, 0.5) is 0 Å². The second-order valence-corrected chi connectivity index (χ2v) is 11.4. The summed E-state index contributed by atoms with van der Waals surface area (Å²) in [6.45, 7) is 7.14. The van der Waals surface area contributed by atoms with Crippen LogP contribution in [0, 0.1) is 11.8 Å². The van der Waals surface area contributed by atoms with Crippen LogP contribution in [0.15, 0.2) is 27.9 Å². The van der Waals surface area contributed by atoms with Crippen LogP contribution in [-0.4, -0.2) is 63.9 Å². The zero-order valence-electron chi connectivity index (χ0n) is 21.3. The van der Waals surface area contributed by atoms with E-state index in [-0.39, 0.29) is 28.8 Å². The molecule has 36 heavy (non-hydrogen) atoms. The number of hydrogen-bond acceptors (Lipinski definition) is 7. The summed E-state index contributed by atoms with van der Waals surface area (Å²) in [5, 5.41) is 13.9. The number of piperidine rings is 1. The number of aryl methyl sites for hydroxylation is 2. The van der Waals surface area contributed by atoms with Crippen molar-refractivity contribution in [2.45, 2.75) is 51.3 Å². The van der Waals surface area contributed by atoms with E-state index in [9.17, 15) is 18.3 Å². The molecule has 0 radical (unpaired) electrons. The lowest BCUT2D eigenvalue weighted by molar-refractivity contribution is 0.146. The number of benzene rings is 1. The number of nitrogens with one attached hydrogen (secondary N) is 1. The number of aromatic nitrogens is 4. The number of sulfonamides is 1. The topological polar surface area (TPSA) is 130 Å². The molecule has 10 nitrogen and oxygen atoms in total. The Labute approximate surface area is 211 Å². The van der Waals surface area contributed by atoms with Gasteiger partial charge in [0.1, 0.15) is 17.1 Å². The maximum Gasteiger partial charge on any atom is 0.277 e. The number of nitrogens with zero attached hydrogens (tertiary/aromatic N) is 4. The predicted octanol–water partition coefficient (Wildman–Crippen LogP) is 2.70. The van der Waals surface area contributed by atoms with Crippen molar-refractivity contribution in [1.82, 2.24) is 24.1 Å². The van der Waals surface area contributed by atoms with Gasteiger partial charge in [-0.15, -0.1) is 0 Å². The highest BCUT2D eigenvalue weighted by Crippen LogP contribution is 2.34. The van der Waals surface area contributed by atoms with Gasteiger partial charge in [0.25, 0.3) is 5.56 Å². The smallest absolute Gasteiger partial charge is 0.277 e. The first kappa shape index (κ1) is 26.3. The number of aliphatic hydroxyl groups is 1. The minimum Gasteiger partial charge on any atom is -0.493 e. The van der Waals surface area contributed by atoms with Crippen molar-refractivity contribution < 1.29 is 18.3 Å². The van der Waals surface area contributed by atoms with E-state index >= 15 is 0 Å². The van der Waals surface area contributed by atoms with Gasteiger partial charge in [0, 0.05) is 26.7 Å². The minimum absolute atomic E-state index is 0.103. The molecule has 1 saturated heterocycles. The number of hydrogen-bond donors (Lipinski definition) is 2. The zero-order valence-corrected chi connectivity index (χ0v) is 22.1. The van der Waals surface area contributed by atoms with Crippen LogP contribution in [0.1, 0.15) is 45.7 Å². The van der Waals surface area contributed by atoms with Crippen molar-refractivity contribution in [1.29, 1.82) is 0 Å². The average Bonchev–Trinajstić information content (AvgIpc) is 3.19. The number of aliphatic hydroxyl groups excluding tert-OH is 1. The Morgan fingerprint density at radius 1 is 1.25 bits per heavy atom. The Bertz CT molecular complexity index is 1390. The van der Waals surface area contributed by atoms with Crippen molar-refractivity contribution in [3.05, 3.63) is 34.2 Å². The fraction of sp³-hybridized carbons (Fsp3) is 0.560. The lowest BCUT2D eigenvalue weighted by Gasteiger charge is -2.33. The summed E-state index contributed by atoms with van der Waals surface area (Å²) in [5.41, 5.74) is 1.68. The molecule has 1 unspecified atom stereocenters. The molecule has 0 amide bonds. The van der Waals surface area contributed by atoms with E-state index in [0.29, 0.717) is 67.2 Å². The average molecular weight is 518 g/mol. The van der Waals surface area contributed by atoms with E-state index < -0.39 is 10.0 Å². The Hall–Kier alpha value is -2.76. The Kier molecular flexibility index (Phi) is 7.82. The monoisotopic (exact) mass is 517 g/mol. The summed E-state index contributed by atoms with van der Waals surface area (Å²) < 4.78 is 35.9. The van der Waals surface area contributed by atoms with Gasteiger partial charge in [-0.2, -0.15) is 9.40 Å². The van der Waals surface area contributed by atoms with Gasteiger partial charge < -0.3 is 14.8 Å². The van der Waals surface area contributed by atoms with Crippen LogP contribution in [-0.2, 0) is 23.5 Å². The molecule has 3 heterocycles. The van der Waals surface area contributed by atoms with E-state index in [1.165, 1.54) is 21.1 Å². The van der Waals surface area contributed by atoms with Gasteiger partial charge in [-0.3, -0.25) is 9.48 Å². The minimum atomic E-state index is -3.77. The highest BCUT2D eigenvalue weighted by atomic mass is 32.2. The highest BCUT2D eigenvalue weighted by Gasteiger charge is 2.32. The first-order chi connectivity index (χ1) is 17.2. The van der Waals surface area contributed by atoms with E-state index in [2.05, 4.69) is 10.1 Å². The maximum atomic E-state index is 13.5. The molecule has 1 aliphatic rings. The molecule has 1 fully saturated rings. The SMILES string of the molecule is CCCc1nn(C)c2c(=O)[nH]c(-c3cc(S(=O)(=O)N4CCC(C(C)CO)CC4)ccc3OCC)nc12. The summed E-state index contributed by atoms with van der Waals surface area (Å²) >= 11 is 0. The third-order valence-electron chi connectivity index (χ3n) is 6.98. The normalized spacial score (nSPS) is 16.5. The standard InChI is InChI=1S/C25H35N5O5S/c1-5-7-20-22-23(29(4)28-20)25(32)27-24(26-22)19-14-18(8-9-21(19)35-6-2)36(33,34)30-12-10-17(11-13-30)16(3)15-31/h8-9,14,16-17,31H,5-7,10-13,15H2,1-4H3,(H,26,27,32). The molecular formula is C25H35N5O5S. The van der Waals surface area contributed by atoms with E-state index in [1.54, 1.807) is 13.1 Å². The number of fused-ring (bicyclic) bond motifs is 1. The largest absolute Gasteiger partial charge is 0.493 e. The van der Waals surface area contributed by atoms with Crippen LogP contribution >= 0.6 is 0 Å². The second-order valence-electron chi connectivity index (χ2n) is 9.42. The van der Waals surface area contributed by atoms with Crippen LogP contribution < -0.4 is 10.3 Å². The Morgan fingerprint density at radius 2 is 1.97 bits per heavy atom. The van der Waals surface area contributed by atoms with Crippen molar-refractivity contribution >= 4 is 21.1 Å². The van der Waals surface area contributed by atoms with Crippen LogP contribution in [0.3, 0.4) is 0 Å². The van der Waals surface area contributed by atoms with Gasteiger partial charge in [0.05, 0.1) is 22.8 Å². The highest BCUT2D eigenvalue weighted by molar-refractivity contribution is 7.89. The first-order valence-electron chi connectivity index (χ1n) is 12.5. The van der Waals surface area contributed by atoms with Crippen molar-refractivity contribution in [3.8, 4) is 17.1 Å². The quantitative estimate of drug-likeness (QED) is 0.446.